The van der Waals surface area contributed by atoms with Crippen molar-refractivity contribution in [2.24, 2.45) is 29.1 Å². The Morgan fingerprint density at radius 1 is 1.09 bits per heavy atom. The lowest BCUT2D eigenvalue weighted by Crippen LogP contribution is -2.58. The maximum absolute atomic E-state index is 13.1. The molecule has 130 valence electrons. The molecule has 4 rings (SSSR count). The zero-order valence-electron chi connectivity index (χ0n) is 14.6. The van der Waals surface area contributed by atoms with Crippen molar-refractivity contribution in [1.29, 1.82) is 0 Å². The zero-order chi connectivity index (χ0) is 16.6. The predicted octanol–water partition coefficient (Wildman–Crippen LogP) is 2.41. The highest BCUT2D eigenvalue weighted by molar-refractivity contribution is 5.90. The Morgan fingerprint density at radius 2 is 1.61 bits per heavy atom. The Balaban J connectivity index is 1.68. The van der Waals surface area contributed by atoms with Gasteiger partial charge in [0.25, 0.3) is 5.91 Å². The number of nitrogens with one attached hydrogen (secondary N) is 2. The lowest BCUT2D eigenvalue weighted by Gasteiger charge is -2.55. The van der Waals surface area contributed by atoms with Crippen LogP contribution in [0.1, 0.15) is 59.3 Å². The third-order valence-electron chi connectivity index (χ3n) is 6.07. The van der Waals surface area contributed by atoms with Crippen LogP contribution in [0.25, 0.3) is 0 Å². The van der Waals surface area contributed by atoms with E-state index in [4.69, 9.17) is 4.84 Å². The molecule has 4 bridgehead atoms. The van der Waals surface area contributed by atoms with Gasteiger partial charge < -0.3 is 5.32 Å². The van der Waals surface area contributed by atoms with E-state index in [9.17, 15) is 9.59 Å². The third kappa shape index (κ3) is 3.25. The minimum Gasteiger partial charge on any atom is -0.343 e. The lowest BCUT2D eigenvalue weighted by atomic mass is 9.49. The van der Waals surface area contributed by atoms with Crippen molar-refractivity contribution >= 4 is 11.8 Å². The number of carbonyl (C=O) groups is 2. The van der Waals surface area contributed by atoms with Crippen molar-refractivity contribution < 1.29 is 14.4 Å². The van der Waals surface area contributed by atoms with Crippen LogP contribution in [0.3, 0.4) is 0 Å². The SMILES string of the molecule is CCONC(=O)C(NC(=O)C12CC3CC(CC(C3)C1)C2)C(C)C. The standard InChI is InChI=1S/C18H30N2O3/c1-4-23-20-16(21)15(11(2)3)19-17(22)18-8-12-5-13(9-18)7-14(6-12)10-18/h11-15H,4-10H2,1-3H3,(H,19,22)(H,20,21). The molecule has 2 N–H and O–H groups in total. The summed E-state index contributed by atoms with van der Waals surface area (Å²) in [4.78, 5) is 30.3. The molecule has 4 fully saturated rings. The van der Waals surface area contributed by atoms with Gasteiger partial charge in [0, 0.05) is 5.41 Å². The minimum atomic E-state index is -0.526. The molecule has 4 aliphatic rings. The van der Waals surface area contributed by atoms with Crippen LogP contribution >= 0.6 is 0 Å². The average molecular weight is 322 g/mol. The predicted molar refractivity (Wildman–Crippen MR) is 87.1 cm³/mol. The fraction of sp³-hybridized carbons (Fsp3) is 0.889. The van der Waals surface area contributed by atoms with E-state index in [2.05, 4.69) is 10.8 Å². The lowest BCUT2D eigenvalue weighted by molar-refractivity contribution is -0.151. The number of amides is 2. The second-order valence-electron chi connectivity index (χ2n) is 8.29. The van der Waals surface area contributed by atoms with E-state index in [1.54, 1.807) is 0 Å². The second kappa shape index (κ2) is 6.42. The second-order valence-corrected chi connectivity index (χ2v) is 8.29. The van der Waals surface area contributed by atoms with E-state index in [-0.39, 0.29) is 23.1 Å². The van der Waals surface area contributed by atoms with Crippen LogP contribution in [0, 0.1) is 29.1 Å². The molecule has 0 heterocycles. The molecule has 0 aromatic rings. The number of hydrogen-bond donors (Lipinski definition) is 2. The molecule has 0 aromatic carbocycles. The molecular weight excluding hydrogens is 292 g/mol. The molecule has 4 saturated carbocycles. The molecule has 5 heteroatoms. The topological polar surface area (TPSA) is 67.4 Å². The van der Waals surface area contributed by atoms with Crippen LogP contribution in [0.15, 0.2) is 0 Å². The molecular formula is C18H30N2O3. The number of hydroxylamine groups is 1. The Hall–Kier alpha value is -1.10. The first-order chi connectivity index (χ1) is 10.9. The van der Waals surface area contributed by atoms with E-state index < -0.39 is 6.04 Å². The van der Waals surface area contributed by atoms with Crippen LogP contribution in [0.2, 0.25) is 0 Å². The molecule has 2 amide bonds. The number of rotatable bonds is 6. The van der Waals surface area contributed by atoms with E-state index >= 15 is 0 Å². The molecule has 0 saturated heterocycles. The smallest absolute Gasteiger partial charge is 0.266 e. The summed E-state index contributed by atoms with van der Waals surface area (Å²) in [5, 5.41) is 3.05. The van der Waals surface area contributed by atoms with Crippen LogP contribution in [-0.2, 0) is 14.4 Å². The maximum atomic E-state index is 13.1. The Bertz CT molecular complexity index is 440. The van der Waals surface area contributed by atoms with Crippen LogP contribution < -0.4 is 10.8 Å². The van der Waals surface area contributed by atoms with Crippen LogP contribution in [0.4, 0.5) is 0 Å². The normalized spacial score (nSPS) is 36.1. The van der Waals surface area contributed by atoms with Gasteiger partial charge in [0.2, 0.25) is 5.91 Å². The largest absolute Gasteiger partial charge is 0.343 e. The van der Waals surface area contributed by atoms with Crippen molar-refractivity contribution in [3.8, 4) is 0 Å². The highest BCUT2D eigenvalue weighted by Gasteiger charge is 2.55. The van der Waals surface area contributed by atoms with E-state index in [1.807, 2.05) is 20.8 Å². The number of hydrogen-bond acceptors (Lipinski definition) is 3. The Morgan fingerprint density at radius 3 is 2.04 bits per heavy atom. The first kappa shape index (κ1) is 16.7. The summed E-state index contributed by atoms with van der Waals surface area (Å²) >= 11 is 0. The fourth-order valence-corrected chi connectivity index (χ4v) is 5.42. The Kier molecular flexibility index (Phi) is 4.68. The molecule has 4 aliphatic carbocycles. The average Bonchev–Trinajstić information content (AvgIpc) is 2.48. The third-order valence-corrected chi connectivity index (χ3v) is 6.07. The highest BCUT2D eigenvalue weighted by Crippen LogP contribution is 2.60. The summed E-state index contributed by atoms with van der Waals surface area (Å²) in [6, 6.07) is -0.526. The number of carbonyl (C=O) groups excluding carboxylic acids is 2. The summed E-state index contributed by atoms with van der Waals surface area (Å²) < 4.78 is 0. The van der Waals surface area contributed by atoms with E-state index in [1.165, 1.54) is 19.3 Å². The summed E-state index contributed by atoms with van der Waals surface area (Å²) in [5.74, 6) is 2.06. The van der Waals surface area contributed by atoms with Gasteiger partial charge in [-0.1, -0.05) is 13.8 Å². The Labute approximate surface area is 138 Å². The van der Waals surface area contributed by atoms with E-state index in [0.717, 1.165) is 37.0 Å². The summed E-state index contributed by atoms with van der Waals surface area (Å²) in [6.07, 6.45) is 6.98. The van der Waals surface area contributed by atoms with Crippen molar-refractivity contribution in [2.75, 3.05) is 6.61 Å². The zero-order valence-corrected chi connectivity index (χ0v) is 14.6. The molecule has 1 unspecified atom stereocenters. The van der Waals surface area contributed by atoms with Crippen molar-refractivity contribution in [3.05, 3.63) is 0 Å². The molecule has 5 nitrogen and oxygen atoms in total. The van der Waals surface area contributed by atoms with Gasteiger partial charge >= 0.3 is 0 Å². The fourth-order valence-electron chi connectivity index (χ4n) is 5.42. The molecule has 0 spiro atoms. The molecule has 0 aliphatic heterocycles. The van der Waals surface area contributed by atoms with Gasteiger partial charge in [-0.2, -0.15) is 0 Å². The van der Waals surface area contributed by atoms with Gasteiger partial charge in [-0.25, -0.2) is 5.48 Å². The van der Waals surface area contributed by atoms with Gasteiger partial charge in [-0.3, -0.25) is 14.4 Å². The first-order valence-electron chi connectivity index (χ1n) is 9.16. The van der Waals surface area contributed by atoms with Crippen molar-refractivity contribution in [1.82, 2.24) is 10.8 Å². The van der Waals surface area contributed by atoms with Crippen molar-refractivity contribution in [3.63, 3.8) is 0 Å². The highest BCUT2D eigenvalue weighted by atomic mass is 16.6. The van der Waals surface area contributed by atoms with Gasteiger partial charge in [0.05, 0.1) is 6.61 Å². The summed E-state index contributed by atoms with van der Waals surface area (Å²) in [5.41, 5.74) is 2.22. The maximum Gasteiger partial charge on any atom is 0.266 e. The molecule has 1 atom stereocenters. The van der Waals surface area contributed by atoms with Gasteiger partial charge in [-0.05, 0) is 69.1 Å². The molecule has 23 heavy (non-hydrogen) atoms. The van der Waals surface area contributed by atoms with Gasteiger partial charge in [0.15, 0.2) is 0 Å². The van der Waals surface area contributed by atoms with E-state index in [0.29, 0.717) is 6.61 Å². The van der Waals surface area contributed by atoms with Crippen molar-refractivity contribution in [2.45, 2.75) is 65.3 Å². The minimum absolute atomic E-state index is 0.0355. The van der Waals surface area contributed by atoms with Crippen LogP contribution in [0.5, 0.6) is 0 Å². The van der Waals surface area contributed by atoms with Crippen LogP contribution in [-0.4, -0.2) is 24.5 Å². The summed E-state index contributed by atoms with van der Waals surface area (Å²) in [6.45, 7) is 6.14. The molecule has 0 aromatic heterocycles. The monoisotopic (exact) mass is 322 g/mol. The first-order valence-corrected chi connectivity index (χ1v) is 9.16. The van der Waals surface area contributed by atoms with Gasteiger partial charge in [-0.15, -0.1) is 0 Å². The van der Waals surface area contributed by atoms with Gasteiger partial charge in [0.1, 0.15) is 6.04 Å². The molecule has 0 radical (unpaired) electrons. The summed E-state index contributed by atoms with van der Waals surface area (Å²) in [7, 11) is 0. The quantitative estimate of drug-likeness (QED) is 0.738.